The number of nitrogens with zero attached hydrogens (tertiary/aromatic N) is 1. The summed E-state index contributed by atoms with van der Waals surface area (Å²) in [7, 11) is 1.69. The lowest BCUT2D eigenvalue weighted by Crippen LogP contribution is -2.15. The Hall–Kier alpha value is -1.05. The van der Waals surface area contributed by atoms with E-state index in [0.29, 0.717) is 0 Å². The molecule has 0 aliphatic carbocycles. The maximum atomic E-state index is 5.34. The van der Waals surface area contributed by atoms with Crippen molar-refractivity contribution >= 4 is 0 Å². The molecule has 0 fully saturated rings. The van der Waals surface area contributed by atoms with Crippen molar-refractivity contribution in [1.82, 2.24) is 4.98 Å². The van der Waals surface area contributed by atoms with Crippen LogP contribution in [0.5, 0.6) is 5.75 Å². The molecule has 0 N–H and O–H groups in total. The Morgan fingerprint density at radius 3 is 2.31 bits per heavy atom. The molecule has 0 saturated carbocycles. The molecule has 0 saturated heterocycles. The molecule has 2 nitrogen and oxygen atoms in total. The van der Waals surface area contributed by atoms with Crippen LogP contribution in [-0.4, -0.2) is 12.1 Å². The second-order valence-electron chi connectivity index (χ2n) is 4.26. The van der Waals surface area contributed by atoms with Gasteiger partial charge in [-0.05, 0) is 18.6 Å². The fourth-order valence-electron chi connectivity index (χ4n) is 1.34. The van der Waals surface area contributed by atoms with Crippen molar-refractivity contribution in [3.05, 3.63) is 23.5 Å². The first-order valence-electron chi connectivity index (χ1n) is 4.47. The summed E-state index contributed by atoms with van der Waals surface area (Å²) in [5, 5.41) is 0. The molecule has 1 aromatic heterocycles. The highest BCUT2D eigenvalue weighted by Crippen LogP contribution is 2.31. The maximum absolute atomic E-state index is 5.34. The minimum Gasteiger partial charge on any atom is -0.495 e. The largest absolute Gasteiger partial charge is 0.495 e. The van der Waals surface area contributed by atoms with Gasteiger partial charge in [0, 0.05) is 11.6 Å². The van der Waals surface area contributed by atoms with Crippen LogP contribution in [0.3, 0.4) is 0 Å². The Labute approximate surface area is 80.0 Å². The average Bonchev–Trinajstić information content (AvgIpc) is 2.02. The zero-order valence-electron chi connectivity index (χ0n) is 9.01. The Morgan fingerprint density at radius 2 is 1.92 bits per heavy atom. The average molecular weight is 179 g/mol. The third kappa shape index (κ3) is 2.00. The number of pyridine rings is 1. The molecule has 0 radical (unpaired) electrons. The van der Waals surface area contributed by atoms with E-state index in [4.69, 9.17) is 4.74 Å². The van der Waals surface area contributed by atoms with E-state index >= 15 is 0 Å². The van der Waals surface area contributed by atoms with Crippen LogP contribution in [0.1, 0.15) is 32.0 Å². The first kappa shape index (κ1) is 10.0. The van der Waals surface area contributed by atoms with Crippen LogP contribution in [-0.2, 0) is 5.41 Å². The molecule has 1 aromatic rings. The monoisotopic (exact) mass is 179 g/mol. The third-order valence-corrected chi connectivity index (χ3v) is 2.02. The lowest BCUT2D eigenvalue weighted by atomic mass is 9.90. The predicted octanol–water partition coefficient (Wildman–Crippen LogP) is 2.70. The highest BCUT2D eigenvalue weighted by molar-refractivity contribution is 5.39. The van der Waals surface area contributed by atoms with Gasteiger partial charge in [-0.15, -0.1) is 0 Å². The SMILES string of the molecule is COc1c(C)ccnc1C(C)(C)C. The molecule has 72 valence electrons. The summed E-state index contributed by atoms with van der Waals surface area (Å²) < 4.78 is 5.34. The molecular formula is C11H17NO. The highest BCUT2D eigenvalue weighted by atomic mass is 16.5. The lowest BCUT2D eigenvalue weighted by Gasteiger charge is -2.21. The molecule has 0 bridgehead atoms. The Bertz CT molecular complexity index is 299. The van der Waals surface area contributed by atoms with Gasteiger partial charge in [-0.25, -0.2) is 0 Å². The van der Waals surface area contributed by atoms with E-state index in [1.54, 1.807) is 7.11 Å². The minimum atomic E-state index is 0.0391. The van der Waals surface area contributed by atoms with Gasteiger partial charge in [0.15, 0.2) is 0 Å². The number of ether oxygens (including phenoxy) is 1. The third-order valence-electron chi connectivity index (χ3n) is 2.02. The van der Waals surface area contributed by atoms with Crippen LogP contribution in [0.25, 0.3) is 0 Å². The predicted molar refractivity (Wildman–Crippen MR) is 54.2 cm³/mol. The fraction of sp³-hybridized carbons (Fsp3) is 0.545. The van der Waals surface area contributed by atoms with Gasteiger partial charge < -0.3 is 4.74 Å². The van der Waals surface area contributed by atoms with Crippen LogP contribution in [0.2, 0.25) is 0 Å². The number of rotatable bonds is 1. The van der Waals surface area contributed by atoms with E-state index in [1.165, 1.54) is 0 Å². The summed E-state index contributed by atoms with van der Waals surface area (Å²) in [6.07, 6.45) is 1.83. The Morgan fingerprint density at radius 1 is 1.31 bits per heavy atom. The molecule has 2 heteroatoms. The van der Waals surface area contributed by atoms with E-state index in [9.17, 15) is 0 Å². The molecule has 0 aromatic carbocycles. The van der Waals surface area contributed by atoms with Crippen molar-refractivity contribution in [3.8, 4) is 5.75 Å². The summed E-state index contributed by atoms with van der Waals surface area (Å²) in [5.41, 5.74) is 2.20. The Balaban J connectivity index is 3.29. The summed E-state index contributed by atoms with van der Waals surface area (Å²) in [6.45, 7) is 8.45. The lowest BCUT2D eigenvalue weighted by molar-refractivity contribution is 0.389. The topological polar surface area (TPSA) is 22.1 Å². The normalized spacial score (nSPS) is 11.5. The summed E-state index contributed by atoms with van der Waals surface area (Å²) in [6, 6.07) is 1.97. The van der Waals surface area contributed by atoms with Gasteiger partial charge in [0.25, 0.3) is 0 Å². The van der Waals surface area contributed by atoms with Gasteiger partial charge in [0.05, 0.1) is 12.8 Å². The first-order valence-corrected chi connectivity index (χ1v) is 4.47. The zero-order chi connectivity index (χ0) is 10.1. The summed E-state index contributed by atoms with van der Waals surface area (Å²) in [5.74, 6) is 0.912. The molecule has 1 heterocycles. The minimum absolute atomic E-state index is 0.0391. The van der Waals surface area contributed by atoms with Crippen LogP contribution in [0.4, 0.5) is 0 Å². The second kappa shape index (κ2) is 3.36. The standard InChI is InChI=1S/C11H17NO/c1-8-6-7-12-10(9(8)13-5)11(2,3)4/h6-7H,1-5H3. The van der Waals surface area contributed by atoms with E-state index in [2.05, 4.69) is 25.8 Å². The first-order chi connectivity index (χ1) is 5.96. The zero-order valence-corrected chi connectivity index (χ0v) is 9.01. The van der Waals surface area contributed by atoms with Crippen LogP contribution in [0.15, 0.2) is 12.3 Å². The van der Waals surface area contributed by atoms with Gasteiger partial charge in [-0.3, -0.25) is 4.98 Å². The van der Waals surface area contributed by atoms with Crippen molar-refractivity contribution in [3.63, 3.8) is 0 Å². The molecule has 0 amide bonds. The van der Waals surface area contributed by atoms with Gasteiger partial charge in [0.2, 0.25) is 0 Å². The fourth-order valence-corrected chi connectivity index (χ4v) is 1.34. The van der Waals surface area contributed by atoms with Crippen LogP contribution >= 0.6 is 0 Å². The maximum Gasteiger partial charge on any atom is 0.143 e. The molecule has 0 spiro atoms. The molecule has 0 atom stereocenters. The smallest absolute Gasteiger partial charge is 0.143 e. The van der Waals surface area contributed by atoms with Crippen molar-refractivity contribution in [2.75, 3.05) is 7.11 Å². The molecule has 1 rings (SSSR count). The van der Waals surface area contributed by atoms with Crippen molar-refractivity contribution in [2.45, 2.75) is 33.1 Å². The number of hydrogen-bond donors (Lipinski definition) is 0. The number of aromatic nitrogens is 1. The number of aryl methyl sites for hydroxylation is 1. The van der Waals surface area contributed by atoms with Gasteiger partial charge in [0.1, 0.15) is 5.75 Å². The molecule has 0 aliphatic rings. The van der Waals surface area contributed by atoms with E-state index in [-0.39, 0.29) is 5.41 Å². The molecule has 0 unspecified atom stereocenters. The van der Waals surface area contributed by atoms with Gasteiger partial charge >= 0.3 is 0 Å². The van der Waals surface area contributed by atoms with Crippen molar-refractivity contribution < 1.29 is 4.74 Å². The summed E-state index contributed by atoms with van der Waals surface area (Å²) >= 11 is 0. The molecular weight excluding hydrogens is 162 g/mol. The van der Waals surface area contributed by atoms with Crippen LogP contribution < -0.4 is 4.74 Å². The van der Waals surface area contributed by atoms with Crippen LogP contribution in [0, 0.1) is 6.92 Å². The van der Waals surface area contributed by atoms with Gasteiger partial charge in [-0.2, -0.15) is 0 Å². The highest BCUT2D eigenvalue weighted by Gasteiger charge is 2.21. The molecule has 0 aliphatic heterocycles. The van der Waals surface area contributed by atoms with E-state index < -0.39 is 0 Å². The van der Waals surface area contributed by atoms with Gasteiger partial charge in [-0.1, -0.05) is 20.8 Å². The second-order valence-corrected chi connectivity index (χ2v) is 4.26. The summed E-state index contributed by atoms with van der Waals surface area (Å²) in [4.78, 5) is 4.36. The van der Waals surface area contributed by atoms with E-state index in [1.807, 2.05) is 19.2 Å². The van der Waals surface area contributed by atoms with Crippen molar-refractivity contribution in [2.24, 2.45) is 0 Å². The molecule has 13 heavy (non-hydrogen) atoms. The van der Waals surface area contributed by atoms with E-state index in [0.717, 1.165) is 17.0 Å². The number of methoxy groups -OCH3 is 1. The quantitative estimate of drug-likeness (QED) is 0.661. The van der Waals surface area contributed by atoms with Crippen molar-refractivity contribution in [1.29, 1.82) is 0 Å². The number of hydrogen-bond acceptors (Lipinski definition) is 2. The Kier molecular flexibility index (Phi) is 2.60.